The molecule has 0 atom stereocenters. The van der Waals surface area contributed by atoms with Gasteiger partial charge in [-0.15, -0.1) is 0 Å². The summed E-state index contributed by atoms with van der Waals surface area (Å²) in [7, 11) is 0. The van der Waals surface area contributed by atoms with Gasteiger partial charge in [-0.2, -0.15) is 0 Å². The van der Waals surface area contributed by atoms with Crippen LogP contribution in [0.5, 0.6) is 0 Å². The van der Waals surface area contributed by atoms with Crippen LogP contribution >= 0.6 is 0 Å². The summed E-state index contributed by atoms with van der Waals surface area (Å²) in [5.41, 5.74) is -0.0727. The standard InChI is InChI=1S/C20H33N3O2/c1-18(2)13-16(14-19(3,4)22-18)21-17(24)15-20(7-11-25-12-8-20)23-9-5-6-10-23/h5-6,9-10,16,22H,7-8,11-15H2,1-4H3,(H,21,24). The minimum Gasteiger partial charge on any atom is -0.381 e. The summed E-state index contributed by atoms with van der Waals surface area (Å²) >= 11 is 0. The van der Waals surface area contributed by atoms with Gasteiger partial charge in [-0.1, -0.05) is 0 Å². The Labute approximate surface area is 151 Å². The SMILES string of the molecule is CC1(C)CC(NC(=O)CC2(n3cccc3)CCOCC2)CC(C)(C)N1. The van der Waals surface area contributed by atoms with Crippen LogP contribution in [0, 0.1) is 0 Å². The van der Waals surface area contributed by atoms with Crippen molar-refractivity contribution in [3.63, 3.8) is 0 Å². The Bertz CT molecular complexity index is 570. The van der Waals surface area contributed by atoms with E-state index in [2.05, 4.69) is 55.3 Å². The lowest BCUT2D eigenvalue weighted by Gasteiger charge is -2.47. The number of aromatic nitrogens is 1. The normalized spacial score (nSPS) is 25.4. The highest BCUT2D eigenvalue weighted by molar-refractivity contribution is 5.77. The molecule has 2 saturated heterocycles. The molecule has 0 spiro atoms. The van der Waals surface area contributed by atoms with E-state index >= 15 is 0 Å². The maximum Gasteiger partial charge on any atom is 0.222 e. The molecule has 5 heteroatoms. The predicted molar refractivity (Wildman–Crippen MR) is 99.5 cm³/mol. The van der Waals surface area contributed by atoms with Gasteiger partial charge < -0.3 is 19.9 Å². The van der Waals surface area contributed by atoms with Crippen LogP contribution < -0.4 is 10.6 Å². The summed E-state index contributed by atoms with van der Waals surface area (Å²) in [5, 5.41) is 7.01. The number of carbonyl (C=O) groups excluding carboxylic acids is 1. The molecule has 2 fully saturated rings. The van der Waals surface area contributed by atoms with E-state index in [1.807, 2.05) is 12.1 Å². The van der Waals surface area contributed by atoms with Crippen molar-refractivity contribution in [3.8, 4) is 0 Å². The summed E-state index contributed by atoms with van der Waals surface area (Å²) < 4.78 is 7.77. The van der Waals surface area contributed by atoms with Crippen LogP contribution in [-0.2, 0) is 15.1 Å². The monoisotopic (exact) mass is 347 g/mol. The lowest BCUT2D eigenvalue weighted by atomic mass is 9.79. The number of ether oxygens (including phenoxy) is 1. The van der Waals surface area contributed by atoms with Crippen molar-refractivity contribution in [1.82, 2.24) is 15.2 Å². The van der Waals surface area contributed by atoms with E-state index in [0.29, 0.717) is 6.42 Å². The van der Waals surface area contributed by atoms with Gasteiger partial charge >= 0.3 is 0 Å². The van der Waals surface area contributed by atoms with Gasteiger partial charge in [0.05, 0.1) is 12.0 Å². The van der Waals surface area contributed by atoms with Crippen molar-refractivity contribution >= 4 is 5.91 Å². The first-order valence-electron chi connectivity index (χ1n) is 9.50. The van der Waals surface area contributed by atoms with Gasteiger partial charge in [-0.05, 0) is 65.5 Å². The number of rotatable bonds is 4. The minimum absolute atomic E-state index is 0.0382. The Morgan fingerprint density at radius 3 is 2.24 bits per heavy atom. The molecule has 25 heavy (non-hydrogen) atoms. The lowest BCUT2D eigenvalue weighted by molar-refractivity contribution is -0.125. The first-order valence-corrected chi connectivity index (χ1v) is 9.50. The zero-order chi connectivity index (χ0) is 18.1. The van der Waals surface area contributed by atoms with Gasteiger partial charge in [0, 0.05) is 42.7 Å². The number of hydrogen-bond donors (Lipinski definition) is 2. The zero-order valence-corrected chi connectivity index (χ0v) is 16.1. The Balaban J connectivity index is 1.68. The summed E-state index contributed by atoms with van der Waals surface area (Å²) in [6.07, 6.45) is 8.38. The van der Waals surface area contributed by atoms with Crippen molar-refractivity contribution in [3.05, 3.63) is 24.5 Å². The zero-order valence-electron chi connectivity index (χ0n) is 16.1. The van der Waals surface area contributed by atoms with Gasteiger partial charge in [0.15, 0.2) is 0 Å². The number of piperidine rings is 1. The Morgan fingerprint density at radius 1 is 1.12 bits per heavy atom. The maximum absolute atomic E-state index is 12.9. The van der Waals surface area contributed by atoms with Crippen molar-refractivity contribution < 1.29 is 9.53 Å². The molecule has 140 valence electrons. The van der Waals surface area contributed by atoms with E-state index in [1.54, 1.807) is 0 Å². The van der Waals surface area contributed by atoms with Crippen LogP contribution in [0.4, 0.5) is 0 Å². The molecule has 0 bridgehead atoms. The average Bonchev–Trinajstić information content (AvgIpc) is 2.99. The fourth-order valence-corrected chi connectivity index (χ4v) is 4.93. The van der Waals surface area contributed by atoms with Crippen LogP contribution in [0.3, 0.4) is 0 Å². The number of carbonyl (C=O) groups is 1. The van der Waals surface area contributed by atoms with Crippen molar-refractivity contribution in [2.45, 2.75) is 82.5 Å². The van der Waals surface area contributed by atoms with Gasteiger partial charge in [-0.25, -0.2) is 0 Å². The van der Waals surface area contributed by atoms with E-state index in [-0.39, 0.29) is 28.6 Å². The van der Waals surface area contributed by atoms with Crippen molar-refractivity contribution in [2.24, 2.45) is 0 Å². The van der Waals surface area contributed by atoms with E-state index in [9.17, 15) is 4.79 Å². The van der Waals surface area contributed by atoms with Crippen molar-refractivity contribution in [1.29, 1.82) is 0 Å². The second kappa shape index (κ2) is 6.76. The highest BCUT2D eigenvalue weighted by atomic mass is 16.5. The van der Waals surface area contributed by atoms with E-state index < -0.39 is 0 Å². The van der Waals surface area contributed by atoms with Crippen LogP contribution in [-0.4, -0.2) is 40.8 Å². The quantitative estimate of drug-likeness (QED) is 0.881. The second-order valence-electron chi connectivity index (χ2n) is 9.17. The second-order valence-corrected chi connectivity index (χ2v) is 9.17. The third-order valence-corrected chi connectivity index (χ3v) is 5.62. The molecule has 0 saturated carbocycles. The van der Waals surface area contributed by atoms with Gasteiger partial charge in [0.1, 0.15) is 0 Å². The lowest BCUT2D eigenvalue weighted by Crippen LogP contribution is -2.62. The van der Waals surface area contributed by atoms with E-state index in [4.69, 9.17) is 4.74 Å². The molecule has 5 nitrogen and oxygen atoms in total. The maximum atomic E-state index is 12.9. The Morgan fingerprint density at radius 2 is 1.68 bits per heavy atom. The molecule has 1 aromatic rings. The highest BCUT2D eigenvalue weighted by Gasteiger charge is 2.40. The van der Waals surface area contributed by atoms with Crippen LogP contribution in [0.15, 0.2) is 24.5 Å². The summed E-state index contributed by atoms with van der Waals surface area (Å²) in [6.45, 7) is 10.3. The molecule has 3 heterocycles. The van der Waals surface area contributed by atoms with E-state index in [0.717, 1.165) is 38.9 Å². The molecule has 1 aromatic heterocycles. The average molecular weight is 348 g/mol. The molecule has 0 radical (unpaired) electrons. The van der Waals surface area contributed by atoms with Gasteiger partial charge in [-0.3, -0.25) is 4.79 Å². The molecule has 0 aromatic carbocycles. The Hall–Kier alpha value is -1.33. The molecule has 0 aliphatic carbocycles. The molecule has 2 aliphatic heterocycles. The molecule has 0 unspecified atom stereocenters. The minimum atomic E-state index is -0.149. The fraction of sp³-hybridized carbons (Fsp3) is 0.750. The molecule has 2 N–H and O–H groups in total. The highest BCUT2D eigenvalue weighted by Crippen LogP contribution is 2.34. The fourth-order valence-electron chi connectivity index (χ4n) is 4.93. The topological polar surface area (TPSA) is 55.3 Å². The predicted octanol–water partition coefficient (Wildman–Crippen LogP) is 2.81. The van der Waals surface area contributed by atoms with Gasteiger partial charge in [0.2, 0.25) is 5.91 Å². The summed E-state index contributed by atoms with van der Waals surface area (Å²) in [5.74, 6) is 0.161. The van der Waals surface area contributed by atoms with E-state index in [1.165, 1.54) is 0 Å². The van der Waals surface area contributed by atoms with Crippen LogP contribution in [0.25, 0.3) is 0 Å². The largest absolute Gasteiger partial charge is 0.381 e. The molecular weight excluding hydrogens is 314 g/mol. The van der Waals surface area contributed by atoms with Crippen molar-refractivity contribution in [2.75, 3.05) is 13.2 Å². The molecule has 2 aliphatic rings. The third-order valence-electron chi connectivity index (χ3n) is 5.62. The summed E-state index contributed by atoms with van der Waals surface area (Å²) in [6, 6.07) is 4.29. The first kappa shape index (κ1) is 18.5. The Kier molecular flexibility index (Phi) is 5.00. The number of nitrogens with one attached hydrogen (secondary N) is 2. The van der Waals surface area contributed by atoms with Gasteiger partial charge in [0.25, 0.3) is 0 Å². The number of nitrogens with zero attached hydrogens (tertiary/aromatic N) is 1. The first-order chi connectivity index (χ1) is 11.7. The number of hydrogen-bond acceptors (Lipinski definition) is 3. The third kappa shape index (κ3) is 4.45. The molecular formula is C20H33N3O2. The smallest absolute Gasteiger partial charge is 0.222 e. The molecule has 1 amide bonds. The molecule has 3 rings (SSSR count). The number of amides is 1. The van der Waals surface area contributed by atoms with Crippen LogP contribution in [0.1, 0.15) is 59.8 Å². The summed E-state index contributed by atoms with van der Waals surface area (Å²) in [4.78, 5) is 12.9. The van der Waals surface area contributed by atoms with Crippen LogP contribution in [0.2, 0.25) is 0 Å².